The number of rotatable bonds is 2. The number of likely N-dealkylation sites (N-methyl/N-ethyl adjacent to an activating group) is 1. The molecule has 0 aliphatic carbocycles. The number of fused-ring (bicyclic) bond motifs is 1. The molecule has 0 saturated carbocycles. The van der Waals surface area contributed by atoms with E-state index in [2.05, 4.69) is 15.5 Å². The number of anilines is 2. The summed E-state index contributed by atoms with van der Waals surface area (Å²) in [4.78, 5) is 13.7. The van der Waals surface area contributed by atoms with Gasteiger partial charge in [-0.15, -0.1) is 0 Å². The average molecular weight is 249 g/mol. The van der Waals surface area contributed by atoms with E-state index in [1.54, 1.807) is 0 Å². The normalized spacial score (nSPS) is 13.9. The largest absolute Gasteiger partial charge is 0.490 e. The summed E-state index contributed by atoms with van der Waals surface area (Å²) in [5.74, 6) is 0.860. The number of carbonyl (C=O) groups excluding carboxylic acids is 1. The molecule has 1 aliphatic heterocycles. The summed E-state index contributed by atoms with van der Waals surface area (Å²) < 4.78 is 5.55. The molecular weight excluding hydrogens is 230 g/mol. The van der Waals surface area contributed by atoms with Crippen LogP contribution in [0, 0.1) is 0 Å². The number of ether oxygens (including phenoxy) is 1. The van der Waals surface area contributed by atoms with Gasteiger partial charge in [-0.2, -0.15) is 0 Å². The molecule has 0 fully saturated rings. The van der Waals surface area contributed by atoms with Crippen molar-refractivity contribution >= 4 is 17.4 Å². The topological polar surface area (TPSA) is 53.6 Å². The Hall–Kier alpha value is -1.91. The van der Waals surface area contributed by atoms with Crippen molar-refractivity contribution in [1.82, 2.24) is 5.32 Å². The summed E-state index contributed by atoms with van der Waals surface area (Å²) in [6.45, 7) is 5.40. The molecule has 0 saturated heterocycles. The van der Waals surface area contributed by atoms with Gasteiger partial charge in [-0.05, 0) is 32.0 Å². The highest BCUT2D eigenvalue weighted by atomic mass is 16.5. The van der Waals surface area contributed by atoms with E-state index in [9.17, 15) is 4.79 Å². The zero-order chi connectivity index (χ0) is 13.1. The first-order valence-electron chi connectivity index (χ1n) is 6.12. The molecule has 0 aromatic heterocycles. The van der Waals surface area contributed by atoms with Crippen LogP contribution in [0.25, 0.3) is 0 Å². The maximum absolute atomic E-state index is 11.6. The maximum atomic E-state index is 11.6. The van der Waals surface area contributed by atoms with Gasteiger partial charge >= 0.3 is 6.03 Å². The summed E-state index contributed by atoms with van der Waals surface area (Å²) in [5.41, 5.74) is 1.77. The van der Waals surface area contributed by atoms with Crippen LogP contribution in [0.1, 0.15) is 13.8 Å². The van der Waals surface area contributed by atoms with E-state index in [1.807, 2.05) is 39.1 Å². The van der Waals surface area contributed by atoms with E-state index in [4.69, 9.17) is 4.74 Å². The molecule has 5 heteroatoms. The molecule has 2 amide bonds. The number of urea groups is 1. The van der Waals surface area contributed by atoms with Crippen molar-refractivity contribution in [3.63, 3.8) is 0 Å². The number of nitrogens with zero attached hydrogens (tertiary/aromatic N) is 1. The van der Waals surface area contributed by atoms with Gasteiger partial charge in [-0.3, -0.25) is 0 Å². The third-order valence-electron chi connectivity index (χ3n) is 2.73. The Morgan fingerprint density at radius 1 is 1.44 bits per heavy atom. The molecular formula is C13H19N3O2. The highest BCUT2D eigenvalue weighted by Gasteiger charge is 2.15. The number of hydrogen-bond acceptors (Lipinski definition) is 3. The molecule has 0 bridgehead atoms. The molecule has 18 heavy (non-hydrogen) atoms. The van der Waals surface area contributed by atoms with Gasteiger partial charge in [-0.1, -0.05) is 0 Å². The zero-order valence-electron chi connectivity index (χ0n) is 11.0. The lowest BCUT2D eigenvalue weighted by molar-refractivity contribution is 0.250. The van der Waals surface area contributed by atoms with E-state index in [1.165, 1.54) is 0 Å². The lowest BCUT2D eigenvalue weighted by atomic mass is 10.2. The van der Waals surface area contributed by atoms with Crippen molar-refractivity contribution in [3.05, 3.63) is 18.2 Å². The second-order valence-electron chi connectivity index (χ2n) is 4.71. The molecule has 2 rings (SSSR count). The van der Waals surface area contributed by atoms with Crippen LogP contribution in [0.5, 0.6) is 5.75 Å². The molecule has 1 aromatic carbocycles. The Morgan fingerprint density at radius 3 is 2.94 bits per heavy atom. The van der Waals surface area contributed by atoms with Crippen LogP contribution < -0.4 is 20.3 Å². The molecule has 1 aromatic rings. The first-order chi connectivity index (χ1) is 8.56. The van der Waals surface area contributed by atoms with Crippen molar-refractivity contribution in [2.45, 2.75) is 19.9 Å². The van der Waals surface area contributed by atoms with Gasteiger partial charge < -0.3 is 20.3 Å². The van der Waals surface area contributed by atoms with Crippen molar-refractivity contribution in [2.24, 2.45) is 0 Å². The number of amides is 2. The first kappa shape index (κ1) is 12.5. The highest BCUT2D eigenvalue weighted by Crippen LogP contribution is 2.33. The monoisotopic (exact) mass is 249 g/mol. The quantitative estimate of drug-likeness (QED) is 0.843. The third-order valence-corrected chi connectivity index (χ3v) is 2.73. The molecule has 0 radical (unpaired) electrons. The molecule has 1 heterocycles. The summed E-state index contributed by atoms with van der Waals surface area (Å²) in [5, 5.41) is 5.60. The molecule has 0 unspecified atom stereocenters. The fourth-order valence-corrected chi connectivity index (χ4v) is 1.86. The molecule has 0 spiro atoms. The van der Waals surface area contributed by atoms with Crippen LogP contribution in [0.3, 0.4) is 0 Å². The van der Waals surface area contributed by atoms with Crippen LogP contribution in [-0.2, 0) is 0 Å². The van der Waals surface area contributed by atoms with Gasteiger partial charge in [-0.25, -0.2) is 4.79 Å². The summed E-state index contributed by atoms with van der Waals surface area (Å²) >= 11 is 0. The Bertz CT molecular complexity index is 446. The fourth-order valence-electron chi connectivity index (χ4n) is 1.86. The van der Waals surface area contributed by atoms with Gasteiger partial charge in [0.05, 0.1) is 12.2 Å². The molecule has 98 valence electrons. The number of carbonyl (C=O) groups is 1. The fraction of sp³-hybridized carbons (Fsp3) is 0.462. The standard InChI is InChI=1S/C13H19N3O2/c1-9(2)14-13(17)15-10-4-5-12-11(8-10)16(3)6-7-18-12/h4-5,8-9H,6-7H2,1-3H3,(H2,14,15,17). The minimum atomic E-state index is -0.190. The predicted octanol–water partition coefficient (Wildman–Crippen LogP) is 2.05. The lowest BCUT2D eigenvalue weighted by Gasteiger charge is -2.28. The van der Waals surface area contributed by atoms with Crippen LogP contribution in [0.4, 0.5) is 16.2 Å². The highest BCUT2D eigenvalue weighted by molar-refractivity contribution is 5.90. The van der Waals surface area contributed by atoms with Crippen molar-refractivity contribution in [1.29, 1.82) is 0 Å². The van der Waals surface area contributed by atoms with E-state index in [0.717, 1.165) is 23.7 Å². The Labute approximate surface area is 107 Å². The van der Waals surface area contributed by atoms with E-state index in [0.29, 0.717) is 6.61 Å². The second kappa shape index (κ2) is 5.16. The van der Waals surface area contributed by atoms with Crippen LogP contribution >= 0.6 is 0 Å². The van der Waals surface area contributed by atoms with Crippen LogP contribution in [-0.4, -0.2) is 32.3 Å². The average Bonchev–Trinajstić information content (AvgIpc) is 2.29. The van der Waals surface area contributed by atoms with Crippen molar-refractivity contribution in [2.75, 3.05) is 30.4 Å². The van der Waals surface area contributed by atoms with Gasteiger partial charge in [0.2, 0.25) is 0 Å². The van der Waals surface area contributed by atoms with Gasteiger partial charge in [0.15, 0.2) is 0 Å². The SMILES string of the molecule is CC(C)NC(=O)Nc1ccc2c(c1)N(C)CCO2. The van der Waals surface area contributed by atoms with E-state index in [-0.39, 0.29) is 12.1 Å². The predicted molar refractivity (Wildman–Crippen MR) is 72.5 cm³/mol. The van der Waals surface area contributed by atoms with Gasteiger partial charge in [0, 0.05) is 18.8 Å². The van der Waals surface area contributed by atoms with E-state index >= 15 is 0 Å². The van der Waals surface area contributed by atoms with Crippen molar-refractivity contribution < 1.29 is 9.53 Å². The van der Waals surface area contributed by atoms with Gasteiger partial charge in [0.1, 0.15) is 12.4 Å². The minimum Gasteiger partial charge on any atom is -0.490 e. The number of nitrogens with one attached hydrogen (secondary N) is 2. The van der Waals surface area contributed by atoms with Crippen molar-refractivity contribution in [3.8, 4) is 5.75 Å². The maximum Gasteiger partial charge on any atom is 0.319 e. The van der Waals surface area contributed by atoms with Gasteiger partial charge in [0.25, 0.3) is 0 Å². The zero-order valence-corrected chi connectivity index (χ0v) is 11.0. The Morgan fingerprint density at radius 2 is 2.22 bits per heavy atom. The first-order valence-corrected chi connectivity index (χ1v) is 6.12. The second-order valence-corrected chi connectivity index (χ2v) is 4.71. The minimum absolute atomic E-state index is 0.119. The summed E-state index contributed by atoms with van der Waals surface area (Å²) in [7, 11) is 2.01. The van der Waals surface area contributed by atoms with E-state index < -0.39 is 0 Å². The Balaban J connectivity index is 2.11. The van der Waals surface area contributed by atoms with Crippen LogP contribution in [0.15, 0.2) is 18.2 Å². The molecule has 1 aliphatic rings. The van der Waals surface area contributed by atoms with Crippen LogP contribution in [0.2, 0.25) is 0 Å². The number of hydrogen-bond donors (Lipinski definition) is 2. The summed E-state index contributed by atoms with van der Waals surface area (Å²) in [6, 6.07) is 5.58. The molecule has 2 N–H and O–H groups in total. The third kappa shape index (κ3) is 2.85. The smallest absolute Gasteiger partial charge is 0.319 e. The summed E-state index contributed by atoms with van der Waals surface area (Å²) in [6.07, 6.45) is 0. The lowest BCUT2D eigenvalue weighted by Crippen LogP contribution is -2.34. The Kier molecular flexibility index (Phi) is 3.60. The number of benzene rings is 1. The molecule has 5 nitrogen and oxygen atoms in total. The molecule has 0 atom stereocenters.